The summed E-state index contributed by atoms with van der Waals surface area (Å²) in [6, 6.07) is 6.02. The van der Waals surface area contributed by atoms with Crippen molar-refractivity contribution in [1.82, 2.24) is 4.90 Å². The molecule has 1 aliphatic carbocycles. The first-order valence-electron chi connectivity index (χ1n) is 6.33. The normalized spacial score (nSPS) is 30.9. The molecule has 3 nitrogen and oxygen atoms in total. The topological polar surface area (TPSA) is 46.3 Å². The Bertz CT molecular complexity index is 509. The molecule has 3 rings (SSSR count). The van der Waals surface area contributed by atoms with Crippen LogP contribution < -0.4 is 5.73 Å². The van der Waals surface area contributed by atoms with E-state index in [1.165, 1.54) is 0 Å². The molecule has 1 aliphatic heterocycles. The number of fused-ring (bicyclic) bond motifs is 2. The Kier molecular flexibility index (Phi) is 2.65. The number of hydrogen-bond acceptors (Lipinski definition) is 2. The first-order chi connectivity index (χ1) is 8.54. The highest BCUT2D eigenvalue weighted by Gasteiger charge is 2.53. The minimum atomic E-state index is -0.412. The number of hydrogen-bond donors (Lipinski definition) is 1. The van der Waals surface area contributed by atoms with Crippen molar-refractivity contribution in [2.75, 3.05) is 13.6 Å². The summed E-state index contributed by atoms with van der Waals surface area (Å²) < 4.78 is 0. The average Bonchev–Trinajstić information content (AvgIpc) is 2.41. The molecule has 96 valence electrons. The van der Waals surface area contributed by atoms with E-state index in [1.807, 2.05) is 30.1 Å². The van der Waals surface area contributed by atoms with Gasteiger partial charge in [0, 0.05) is 24.7 Å². The lowest BCUT2D eigenvalue weighted by Gasteiger charge is -2.46. The third-order valence-electron chi connectivity index (χ3n) is 4.31. The van der Waals surface area contributed by atoms with Gasteiger partial charge in [-0.25, -0.2) is 0 Å². The summed E-state index contributed by atoms with van der Waals surface area (Å²) in [4.78, 5) is 14.4. The van der Waals surface area contributed by atoms with Crippen molar-refractivity contribution in [3.8, 4) is 0 Å². The predicted molar refractivity (Wildman–Crippen MR) is 71.7 cm³/mol. The molecule has 1 fully saturated rings. The fourth-order valence-corrected chi connectivity index (χ4v) is 3.62. The fourth-order valence-electron chi connectivity index (χ4n) is 3.35. The van der Waals surface area contributed by atoms with Crippen molar-refractivity contribution in [2.24, 2.45) is 5.73 Å². The summed E-state index contributed by atoms with van der Waals surface area (Å²) in [7, 11) is 1.87. The predicted octanol–water partition coefficient (Wildman–Crippen LogP) is 1.71. The number of nitrogens with two attached hydrogens (primary N) is 1. The number of carbonyl (C=O) groups is 1. The van der Waals surface area contributed by atoms with Crippen molar-refractivity contribution in [3.63, 3.8) is 0 Å². The highest BCUT2D eigenvalue weighted by Crippen LogP contribution is 2.48. The second-order valence-electron chi connectivity index (χ2n) is 5.49. The highest BCUT2D eigenvalue weighted by atomic mass is 35.5. The van der Waals surface area contributed by atoms with Gasteiger partial charge < -0.3 is 10.6 Å². The molecule has 1 saturated carbocycles. The van der Waals surface area contributed by atoms with Crippen LogP contribution in [0.5, 0.6) is 0 Å². The Morgan fingerprint density at radius 3 is 2.83 bits per heavy atom. The molecule has 1 amide bonds. The zero-order chi connectivity index (χ0) is 12.9. The van der Waals surface area contributed by atoms with E-state index >= 15 is 0 Å². The highest BCUT2D eigenvalue weighted by molar-refractivity contribution is 6.31. The van der Waals surface area contributed by atoms with Crippen LogP contribution in [0.2, 0.25) is 5.02 Å². The Balaban J connectivity index is 2.17. The minimum Gasteiger partial charge on any atom is -0.345 e. The number of halogens is 1. The second kappa shape index (κ2) is 3.97. The lowest BCUT2D eigenvalue weighted by molar-refractivity contribution is -0.139. The molecular weight excluding hydrogens is 248 g/mol. The van der Waals surface area contributed by atoms with Gasteiger partial charge in [-0.3, -0.25) is 4.79 Å². The molecule has 1 aromatic carbocycles. The number of benzene rings is 1. The van der Waals surface area contributed by atoms with Crippen molar-refractivity contribution in [2.45, 2.75) is 30.7 Å². The number of amides is 1. The van der Waals surface area contributed by atoms with Crippen LogP contribution in [0.25, 0.3) is 0 Å². The van der Waals surface area contributed by atoms with E-state index < -0.39 is 5.41 Å². The molecule has 2 aliphatic rings. The van der Waals surface area contributed by atoms with Crippen molar-refractivity contribution < 1.29 is 4.79 Å². The third-order valence-corrected chi connectivity index (χ3v) is 4.66. The van der Waals surface area contributed by atoms with Gasteiger partial charge in [0.1, 0.15) is 0 Å². The lowest BCUT2D eigenvalue weighted by Crippen LogP contribution is -2.57. The van der Waals surface area contributed by atoms with Crippen LogP contribution in [-0.4, -0.2) is 30.4 Å². The van der Waals surface area contributed by atoms with E-state index in [9.17, 15) is 4.79 Å². The van der Waals surface area contributed by atoms with Gasteiger partial charge in [-0.2, -0.15) is 0 Å². The second-order valence-corrected chi connectivity index (χ2v) is 5.90. The van der Waals surface area contributed by atoms with Gasteiger partial charge in [0.2, 0.25) is 5.91 Å². The summed E-state index contributed by atoms with van der Waals surface area (Å²) in [5.41, 5.74) is 7.75. The molecule has 0 aromatic heterocycles. The monoisotopic (exact) mass is 264 g/mol. The number of carbonyl (C=O) groups excluding carboxylic acids is 1. The maximum absolute atomic E-state index is 12.6. The summed E-state index contributed by atoms with van der Waals surface area (Å²) in [6.07, 6.45) is 2.31. The van der Waals surface area contributed by atoms with E-state index in [4.69, 9.17) is 17.3 Å². The Hall–Kier alpha value is -1.06. The number of likely N-dealkylation sites (N-methyl/N-ethyl adjacent to an activating group) is 1. The van der Waals surface area contributed by atoms with E-state index in [1.54, 1.807) is 0 Å². The van der Waals surface area contributed by atoms with E-state index in [0.29, 0.717) is 0 Å². The first-order valence-corrected chi connectivity index (χ1v) is 6.71. The van der Waals surface area contributed by atoms with E-state index in [-0.39, 0.29) is 11.9 Å². The Labute approximate surface area is 112 Å². The molecule has 0 bridgehead atoms. The first kappa shape index (κ1) is 12.0. The largest absolute Gasteiger partial charge is 0.345 e. The molecule has 1 spiro atoms. The molecule has 0 unspecified atom stereocenters. The van der Waals surface area contributed by atoms with Crippen LogP contribution in [0.3, 0.4) is 0 Å². The maximum atomic E-state index is 12.6. The average molecular weight is 265 g/mol. The van der Waals surface area contributed by atoms with Crippen LogP contribution >= 0.6 is 11.6 Å². The van der Waals surface area contributed by atoms with Gasteiger partial charge in [0.15, 0.2) is 0 Å². The van der Waals surface area contributed by atoms with E-state index in [2.05, 4.69) is 0 Å². The fraction of sp³-hybridized carbons (Fsp3) is 0.500. The van der Waals surface area contributed by atoms with Gasteiger partial charge in [-0.1, -0.05) is 23.7 Å². The van der Waals surface area contributed by atoms with Crippen LogP contribution in [0.15, 0.2) is 18.2 Å². The van der Waals surface area contributed by atoms with Crippen molar-refractivity contribution >= 4 is 17.5 Å². The van der Waals surface area contributed by atoms with E-state index in [0.717, 1.165) is 42.0 Å². The zero-order valence-electron chi connectivity index (χ0n) is 10.4. The summed E-state index contributed by atoms with van der Waals surface area (Å²) in [5.74, 6) is 0.199. The molecule has 1 heterocycles. The van der Waals surface area contributed by atoms with Crippen molar-refractivity contribution in [3.05, 3.63) is 34.3 Å². The molecular formula is C14H17ClN2O. The van der Waals surface area contributed by atoms with Gasteiger partial charge >= 0.3 is 0 Å². The molecule has 4 heteroatoms. The molecule has 0 atom stereocenters. The standard InChI is InChI=1S/C14H17ClN2O/c1-17-6-5-10-11(3-2-4-12(10)15)14(13(17)18)7-9(16)8-14/h2-4,9H,5-8,16H2,1H3. The lowest BCUT2D eigenvalue weighted by atomic mass is 9.60. The SMILES string of the molecule is CN1CCc2c(Cl)cccc2C2(CC(N)C2)C1=O. The van der Waals surface area contributed by atoms with Gasteiger partial charge in [0.05, 0.1) is 5.41 Å². The number of nitrogens with zero attached hydrogens (tertiary/aromatic N) is 1. The summed E-state index contributed by atoms with van der Waals surface area (Å²) in [5, 5.41) is 0.774. The Morgan fingerprint density at radius 1 is 1.44 bits per heavy atom. The Morgan fingerprint density at radius 2 is 2.17 bits per heavy atom. The maximum Gasteiger partial charge on any atom is 0.233 e. The third kappa shape index (κ3) is 1.50. The zero-order valence-corrected chi connectivity index (χ0v) is 11.2. The quantitative estimate of drug-likeness (QED) is 0.776. The smallest absolute Gasteiger partial charge is 0.233 e. The molecule has 2 N–H and O–H groups in total. The van der Waals surface area contributed by atoms with Gasteiger partial charge in [-0.15, -0.1) is 0 Å². The van der Waals surface area contributed by atoms with Crippen molar-refractivity contribution in [1.29, 1.82) is 0 Å². The van der Waals surface area contributed by atoms with Crippen LogP contribution in [0.4, 0.5) is 0 Å². The minimum absolute atomic E-state index is 0.132. The summed E-state index contributed by atoms with van der Waals surface area (Å²) in [6.45, 7) is 0.729. The molecule has 1 aromatic rings. The number of rotatable bonds is 0. The van der Waals surface area contributed by atoms with Gasteiger partial charge in [-0.05, 0) is 36.5 Å². The molecule has 18 heavy (non-hydrogen) atoms. The van der Waals surface area contributed by atoms with Gasteiger partial charge in [0.25, 0.3) is 0 Å². The van der Waals surface area contributed by atoms with Crippen LogP contribution in [0.1, 0.15) is 24.0 Å². The molecule has 0 radical (unpaired) electrons. The van der Waals surface area contributed by atoms with Crippen LogP contribution in [0, 0.1) is 0 Å². The summed E-state index contributed by atoms with van der Waals surface area (Å²) >= 11 is 6.29. The van der Waals surface area contributed by atoms with Crippen LogP contribution in [-0.2, 0) is 16.6 Å². The molecule has 0 saturated heterocycles.